The Morgan fingerprint density at radius 2 is 2.23 bits per heavy atom. The molecule has 1 aliphatic heterocycles. The highest BCUT2D eigenvalue weighted by Gasteiger charge is 2.34. The number of rotatable bonds is 8. The van der Waals surface area contributed by atoms with Gasteiger partial charge in [-0.15, -0.1) is 11.3 Å². The van der Waals surface area contributed by atoms with Gasteiger partial charge in [-0.2, -0.15) is 0 Å². The van der Waals surface area contributed by atoms with Gasteiger partial charge in [0.2, 0.25) is 0 Å². The molecule has 1 aliphatic carbocycles. The first-order valence-electron chi connectivity index (χ1n) is 9.85. The van der Waals surface area contributed by atoms with Crippen LogP contribution in [0.15, 0.2) is 4.99 Å². The molecular weight excluding hydrogens is 348 g/mol. The van der Waals surface area contributed by atoms with Crippen molar-refractivity contribution in [1.82, 2.24) is 15.6 Å². The number of aryl methyl sites for hydroxylation is 3. The minimum absolute atomic E-state index is 0.0341. The minimum Gasteiger partial charge on any atom is -0.396 e. The van der Waals surface area contributed by atoms with E-state index in [1.165, 1.54) is 41.3 Å². The first-order valence-corrected chi connectivity index (χ1v) is 10.7. The average Bonchev–Trinajstić information content (AvgIpc) is 3.28. The number of thiazole rings is 1. The Bertz CT molecular complexity index is 573. The van der Waals surface area contributed by atoms with Crippen LogP contribution in [-0.4, -0.2) is 56.0 Å². The molecule has 0 bridgehead atoms. The zero-order chi connectivity index (χ0) is 18.2. The maximum Gasteiger partial charge on any atom is 0.190 e. The Labute approximate surface area is 160 Å². The van der Waals surface area contributed by atoms with E-state index in [0.29, 0.717) is 6.61 Å². The summed E-state index contributed by atoms with van der Waals surface area (Å²) >= 11 is 1.91. The number of aliphatic hydroxyl groups excluding tert-OH is 1. The third-order valence-electron chi connectivity index (χ3n) is 5.43. The van der Waals surface area contributed by atoms with Crippen molar-refractivity contribution in [3.8, 4) is 0 Å². The predicted molar refractivity (Wildman–Crippen MR) is 106 cm³/mol. The van der Waals surface area contributed by atoms with Crippen LogP contribution >= 0.6 is 11.3 Å². The smallest absolute Gasteiger partial charge is 0.190 e. The number of nitrogens with one attached hydrogen (secondary N) is 2. The van der Waals surface area contributed by atoms with Crippen LogP contribution in [0.2, 0.25) is 0 Å². The molecule has 7 heteroatoms. The number of nitrogens with zero attached hydrogens (tertiary/aromatic N) is 2. The number of hydrogen-bond donors (Lipinski definition) is 3. The average molecular weight is 381 g/mol. The van der Waals surface area contributed by atoms with Crippen molar-refractivity contribution in [2.75, 3.05) is 40.0 Å². The van der Waals surface area contributed by atoms with Gasteiger partial charge >= 0.3 is 0 Å². The van der Waals surface area contributed by atoms with Gasteiger partial charge < -0.3 is 20.5 Å². The standard InChI is InChI=1S/C19H32N4O2S/c1-20-18(22-13-19(8-11-24)9-12-25-14-19)21-10-4-7-17-23-15-5-2-3-6-16(15)26-17/h24H,2-14H2,1H3,(H2,20,21,22). The molecule has 0 radical (unpaired) electrons. The van der Waals surface area contributed by atoms with Crippen molar-refractivity contribution in [3.63, 3.8) is 0 Å². The van der Waals surface area contributed by atoms with Gasteiger partial charge in [-0.1, -0.05) is 0 Å². The third kappa shape index (κ3) is 5.18. The van der Waals surface area contributed by atoms with E-state index in [9.17, 15) is 5.11 Å². The molecule has 2 heterocycles. The fourth-order valence-corrected chi connectivity index (χ4v) is 4.96. The SMILES string of the molecule is CN=C(NCCCc1nc2c(s1)CCCC2)NCC1(CCO)CCOC1. The Balaban J connectivity index is 1.38. The second kappa shape index (κ2) is 9.67. The minimum atomic E-state index is 0.0341. The molecular formula is C19H32N4O2S. The molecule has 6 nitrogen and oxygen atoms in total. The topological polar surface area (TPSA) is 78.8 Å². The van der Waals surface area contributed by atoms with Crippen molar-refractivity contribution < 1.29 is 9.84 Å². The van der Waals surface area contributed by atoms with Gasteiger partial charge in [-0.05, 0) is 44.9 Å². The van der Waals surface area contributed by atoms with Crippen molar-refractivity contribution >= 4 is 17.3 Å². The van der Waals surface area contributed by atoms with Crippen LogP contribution in [-0.2, 0) is 24.0 Å². The largest absolute Gasteiger partial charge is 0.396 e. The highest BCUT2D eigenvalue weighted by Crippen LogP contribution is 2.31. The summed E-state index contributed by atoms with van der Waals surface area (Å²) in [5.41, 5.74) is 1.39. The second-order valence-electron chi connectivity index (χ2n) is 7.42. The molecule has 1 aromatic rings. The molecule has 1 saturated heterocycles. The summed E-state index contributed by atoms with van der Waals surface area (Å²) < 4.78 is 5.54. The number of hydrogen-bond acceptors (Lipinski definition) is 5. The van der Waals surface area contributed by atoms with Gasteiger partial charge in [0.25, 0.3) is 0 Å². The quantitative estimate of drug-likeness (QED) is 0.365. The van der Waals surface area contributed by atoms with Gasteiger partial charge in [-0.3, -0.25) is 4.99 Å². The van der Waals surface area contributed by atoms with Gasteiger partial charge in [0.15, 0.2) is 5.96 Å². The number of aliphatic hydroxyl groups is 1. The summed E-state index contributed by atoms with van der Waals surface area (Å²) in [6.45, 7) is 3.37. The van der Waals surface area contributed by atoms with Gasteiger partial charge in [0, 0.05) is 50.1 Å². The highest BCUT2D eigenvalue weighted by atomic mass is 32.1. The summed E-state index contributed by atoms with van der Waals surface area (Å²) in [6, 6.07) is 0. The normalized spacial score (nSPS) is 23.1. The van der Waals surface area contributed by atoms with Crippen LogP contribution in [0.5, 0.6) is 0 Å². The van der Waals surface area contributed by atoms with E-state index in [0.717, 1.165) is 51.3 Å². The highest BCUT2D eigenvalue weighted by molar-refractivity contribution is 7.11. The van der Waals surface area contributed by atoms with Crippen molar-refractivity contribution in [2.45, 2.75) is 51.4 Å². The van der Waals surface area contributed by atoms with Gasteiger partial charge in [0.05, 0.1) is 17.3 Å². The molecule has 0 aromatic carbocycles. The second-order valence-corrected chi connectivity index (χ2v) is 8.59. The lowest BCUT2D eigenvalue weighted by Gasteiger charge is -2.27. The summed E-state index contributed by atoms with van der Waals surface area (Å²) in [5, 5.41) is 17.4. The van der Waals surface area contributed by atoms with E-state index in [1.807, 2.05) is 11.3 Å². The first kappa shape index (κ1) is 19.6. The van der Waals surface area contributed by atoms with E-state index < -0.39 is 0 Å². The zero-order valence-corrected chi connectivity index (χ0v) is 16.7. The molecule has 146 valence electrons. The van der Waals surface area contributed by atoms with Gasteiger partial charge in [0.1, 0.15) is 0 Å². The molecule has 26 heavy (non-hydrogen) atoms. The lowest BCUT2D eigenvalue weighted by atomic mass is 9.84. The monoisotopic (exact) mass is 380 g/mol. The summed E-state index contributed by atoms with van der Waals surface area (Å²) in [5.74, 6) is 0.827. The molecule has 1 aromatic heterocycles. The summed E-state index contributed by atoms with van der Waals surface area (Å²) in [6.07, 6.45) is 8.85. The molecule has 0 saturated carbocycles. The molecule has 3 rings (SSSR count). The number of fused-ring (bicyclic) bond motifs is 1. The molecule has 1 atom stereocenters. The molecule has 2 aliphatic rings. The Morgan fingerprint density at radius 1 is 1.35 bits per heavy atom. The number of guanidine groups is 1. The van der Waals surface area contributed by atoms with Crippen LogP contribution in [0.4, 0.5) is 0 Å². The van der Waals surface area contributed by atoms with Gasteiger partial charge in [-0.25, -0.2) is 4.98 Å². The van der Waals surface area contributed by atoms with Crippen LogP contribution in [0, 0.1) is 5.41 Å². The van der Waals surface area contributed by atoms with E-state index in [4.69, 9.17) is 9.72 Å². The maximum atomic E-state index is 9.32. The predicted octanol–water partition coefficient (Wildman–Crippen LogP) is 1.91. The molecule has 1 unspecified atom stereocenters. The third-order valence-corrected chi connectivity index (χ3v) is 6.65. The Kier molecular flexibility index (Phi) is 7.28. The van der Waals surface area contributed by atoms with Crippen LogP contribution in [0.3, 0.4) is 0 Å². The molecule has 1 fully saturated rings. The maximum absolute atomic E-state index is 9.32. The van der Waals surface area contributed by atoms with Crippen molar-refractivity contribution in [1.29, 1.82) is 0 Å². The fraction of sp³-hybridized carbons (Fsp3) is 0.789. The summed E-state index contributed by atoms with van der Waals surface area (Å²) in [7, 11) is 1.80. The van der Waals surface area contributed by atoms with Crippen LogP contribution in [0.1, 0.15) is 47.7 Å². The lowest BCUT2D eigenvalue weighted by molar-refractivity contribution is 0.127. The van der Waals surface area contributed by atoms with E-state index in [2.05, 4.69) is 15.6 Å². The Morgan fingerprint density at radius 3 is 2.96 bits per heavy atom. The van der Waals surface area contributed by atoms with E-state index in [-0.39, 0.29) is 12.0 Å². The van der Waals surface area contributed by atoms with E-state index in [1.54, 1.807) is 7.05 Å². The molecule has 0 amide bonds. The molecule has 3 N–H and O–H groups in total. The zero-order valence-electron chi connectivity index (χ0n) is 15.9. The van der Waals surface area contributed by atoms with E-state index >= 15 is 0 Å². The number of ether oxygens (including phenoxy) is 1. The Hall–Kier alpha value is -1.18. The number of aliphatic imine (C=N–C) groups is 1. The van der Waals surface area contributed by atoms with Crippen molar-refractivity contribution in [2.24, 2.45) is 10.4 Å². The lowest BCUT2D eigenvalue weighted by Crippen LogP contribution is -2.44. The number of aromatic nitrogens is 1. The molecule has 0 spiro atoms. The van der Waals surface area contributed by atoms with Crippen molar-refractivity contribution in [3.05, 3.63) is 15.6 Å². The first-order chi connectivity index (χ1) is 12.7. The fourth-order valence-electron chi connectivity index (χ4n) is 3.76. The van der Waals surface area contributed by atoms with Crippen LogP contribution < -0.4 is 10.6 Å². The van der Waals surface area contributed by atoms with Crippen LogP contribution in [0.25, 0.3) is 0 Å². The summed E-state index contributed by atoms with van der Waals surface area (Å²) in [4.78, 5) is 10.6.